The van der Waals surface area contributed by atoms with E-state index in [1.165, 1.54) is 7.11 Å². The Hall–Kier alpha value is -1.62. The molecule has 0 spiro atoms. The van der Waals surface area contributed by atoms with Crippen LogP contribution in [-0.4, -0.2) is 42.4 Å². The highest BCUT2D eigenvalue weighted by molar-refractivity contribution is 5.88. The largest absolute Gasteiger partial charge is 0.464 e. The molecule has 1 saturated heterocycles. The molecule has 98 valence electrons. The monoisotopic (exact) mass is 250 g/mol. The molecule has 18 heavy (non-hydrogen) atoms. The fourth-order valence-corrected chi connectivity index (χ4v) is 2.20. The number of esters is 1. The van der Waals surface area contributed by atoms with Crippen LogP contribution in [0.2, 0.25) is 0 Å². The highest BCUT2D eigenvalue weighted by atomic mass is 16.5. The number of anilines is 1. The molecule has 5 nitrogen and oxygen atoms in total. The molecule has 2 unspecified atom stereocenters. The summed E-state index contributed by atoms with van der Waals surface area (Å²) in [6, 6.07) is 3.60. The van der Waals surface area contributed by atoms with Crippen LogP contribution in [0.1, 0.15) is 23.8 Å². The van der Waals surface area contributed by atoms with Gasteiger partial charge < -0.3 is 14.7 Å². The molecule has 2 atom stereocenters. The molecule has 1 aliphatic rings. The molecule has 0 saturated carbocycles. The number of pyridine rings is 1. The first-order chi connectivity index (χ1) is 8.61. The predicted octanol–water partition coefficient (Wildman–Crippen LogP) is 1.08. The molecule has 1 N–H and O–H groups in total. The quantitative estimate of drug-likeness (QED) is 0.796. The molecule has 1 fully saturated rings. The van der Waals surface area contributed by atoms with E-state index in [9.17, 15) is 9.90 Å². The molecule has 0 radical (unpaired) electrons. The van der Waals surface area contributed by atoms with Gasteiger partial charge in [-0.15, -0.1) is 0 Å². The molecule has 0 amide bonds. The maximum Gasteiger partial charge on any atom is 0.356 e. The van der Waals surface area contributed by atoms with E-state index in [0.717, 1.165) is 25.2 Å². The summed E-state index contributed by atoms with van der Waals surface area (Å²) in [6.07, 6.45) is 2.12. The molecule has 0 aliphatic carbocycles. The van der Waals surface area contributed by atoms with E-state index < -0.39 is 5.97 Å². The van der Waals surface area contributed by atoms with Gasteiger partial charge in [-0.25, -0.2) is 9.78 Å². The van der Waals surface area contributed by atoms with Gasteiger partial charge in [0.2, 0.25) is 0 Å². The Bertz CT molecular complexity index is 436. The smallest absolute Gasteiger partial charge is 0.356 e. The van der Waals surface area contributed by atoms with Crippen molar-refractivity contribution in [1.82, 2.24) is 4.98 Å². The summed E-state index contributed by atoms with van der Waals surface area (Å²) in [7, 11) is 1.34. The van der Waals surface area contributed by atoms with Crippen molar-refractivity contribution < 1.29 is 14.6 Å². The van der Waals surface area contributed by atoms with Crippen molar-refractivity contribution in [2.24, 2.45) is 5.92 Å². The van der Waals surface area contributed by atoms with E-state index in [4.69, 9.17) is 0 Å². The van der Waals surface area contributed by atoms with Gasteiger partial charge in [0.15, 0.2) is 0 Å². The van der Waals surface area contributed by atoms with E-state index in [1.54, 1.807) is 12.3 Å². The lowest BCUT2D eigenvalue weighted by Gasteiger charge is -2.35. The SMILES string of the molecule is COC(=O)c1cc(N2CCC(O)C(C)C2)ccn1. The Morgan fingerprint density at radius 1 is 1.61 bits per heavy atom. The fraction of sp³-hybridized carbons (Fsp3) is 0.538. The van der Waals surface area contributed by atoms with E-state index >= 15 is 0 Å². The summed E-state index contributed by atoms with van der Waals surface area (Å²) in [4.78, 5) is 17.6. The van der Waals surface area contributed by atoms with Crippen LogP contribution in [0.5, 0.6) is 0 Å². The van der Waals surface area contributed by atoms with Crippen molar-refractivity contribution in [3.8, 4) is 0 Å². The number of aromatic nitrogens is 1. The minimum Gasteiger partial charge on any atom is -0.464 e. The van der Waals surface area contributed by atoms with E-state index in [0.29, 0.717) is 5.69 Å². The normalized spacial score (nSPS) is 23.8. The molecule has 0 aromatic carbocycles. The number of piperidine rings is 1. The summed E-state index contributed by atoms with van der Waals surface area (Å²) in [5.41, 5.74) is 1.26. The second kappa shape index (κ2) is 5.35. The molecule has 2 heterocycles. The van der Waals surface area contributed by atoms with Crippen LogP contribution >= 0.6 is 0 Å². The minimum atomic E-state index is -0.429. The van der Waals surface area contributed by atoms with Gasteiger partial charge in [-0.3, -0.25) is 0 Å². The van der Waals surface area contributed by atoms with Gasteiger partial charge in [0.1, 0.15) is 5.69 Å². The minimum absolute atomic E-state index is 0.230. The second-order valence-electron chi connectivity index (χ2n) is 4.67. The summed E-state index contributed by atoms with van der Waals surface area (Å²) < 4.78 is 4.66. The Morgan fingerprint density at radius 3 is 3.06 bits per heavy atom. The van der Waals surface area contributed by atoms with Crippen LogP contribution in [0, 0.1) is 5.92 Å². The maximum atomic E-state index is 11.4. The average molecular weight is 250 g/mol. The lowest BCUT2D eigenvalue weighted by atomic mass is 9.96. The number of ether oxygens (including phenoxy) is 1. The third-order valence-electron chi connectivity index (χ3n) is 3.36. The molecule has 5 heteroatoms. The van der Waals surface area contributed by atoms with Gasteiger partial charge in [-0.2, -0.15) is 0 Å². The average Bonchev–Trinajstić information content (AvgIpc) is 2.41. The van der Waals surface area contributed by atoms with Crippen LogP contribution in [0.25, 0.3) is 0 Å². The number of methoxy groups -OCH3 is 1. The van der Waals surface area contributed by atoms with Crippen molar-refractivity contribution in [3.63, 3.8) is 0 Å². The Balaban J connectivity index is 2.16. The molecule has 0 bridgehead atoms. The zero-order chi connectivity index (χ0) is 13.1. The molecule has 1 aliphatic heterocycles. The number of aliphatic hydroxyl groups is 1. The number of rotatable bonds is 2. The van der Waals surface area contributed by atoms with Crippen molar-refractivity contribution in [2.75, 3.05) is 25.1 Å². The maximum absolute atomic E-state index is 11.4. The summed E-state index contributed by atoms with van der Waals surface area (Å²) >= 11 is 0. The van der Waals surface area contributed by atoms with Crippen LogP contribution in [0.15, 0.2) is 18.3 Å². The number of hydrogen-bond acceptors (Lipinski definition) is 5. The molecular formula is C13H18N2O3. The van der Waals surface area contributed by atoms with Gasteiger partial charge in [-0.1, -0.05) is 6.92 Å². The highest BCUT2D eigenvalue weighted by Crippen LogP contribution is 2.23. The van der Waals surface area contributed by atoms with Crippen LogP contribution < -0.4 is 4.90 Å². The van der Waals surface area contributed by atoms with Crippen molar-refractivity contribution in [3.05, 3.63) is 24.0 Å². The highest BCUT2D eigenvalue weighted by Gasteiger charge is 2.24. The van der Waals surface area contributed by atoms with Crippen molar-refractivity contribution in [1.29, 1.82) is 0 Å². The molecule has 1 aromatic heterocycles. The number of aliphatic hydroxyl groups excluding tert-OH is 1. The third-order valence-corrected chi connectivity index (χ3v) is 3.36. The molecule has 1 aromatic rings. The second-order valence-corrected chi connectivity index (χ2v) is 4.67. The van der Waals surface area contributed by atoms with E-state index in [1.807, 2.05) is 13.0 Å². The Labute approximate surface area is 106 Å². The first-order valence-corrected chi connectivity index (χ1v) is 6.09. The number of nitrogens with zero attached hydrogens (tertiary/aromatic N) is 2. The van der Waals surface area contributed by atoms with Gasteiger partial charge >= 0.3 is 5.97 Å². The zero-order valence-electron chi connectivity index (χ0n) is 10.7. The van der Waals surface area contributed by atoms with Gasteiger partial charge in [0.25, 0.3) is 0 Å². The first-order valence-electron chi connectivity index (χ1n) is 6.09. The summed E-state index contributed by atoms with van der Waals surface area (Å²) in [5, 5.41) is 9.71. The van der Waals surface area contributed by atoms with Gasteiger partial charge in [0.05, 0.1) is 13.2 Å². The number of hydrogen-bond donors (Lipinski definition) is 1. The topological polar surface area (TPSA) is 62.7 Å². The lowest BCUT2D eigenvalue weighted by Crippen LogP contribution is -2.42. The fourth-order valence-electron chi connectivity index (χ4n) is 2.20. The Kier molecular flexibility index (Phi) is 3.81. The van der Waals surface area contributed by atoms with Gasteiger partial charge in [-0.05, 0) is 24.5 Å². The van der Waals surface area contributed by atoms with Crippen LogP contribution in [0.3, 0.4) is 0 Å². The predicted molar refractivity (Wildman–Crippen MR) is 67.6 cm³/mol. The number of carbonyl (C=O) groups is 1. The number of carbonyl (C=O) groups excluding carboxylic acids is 1. The Morgan fingerprint density at radius 2 is 2.39 bits per heavy atom. The summed E-state index contributed by atoms with van der Waals surface area (Å²) in [6.45, 7) is 3.60. The molecule has 2 rings (SSSR count). The van der Waals surface area contributed by atoms with Crippen LogP contribution in [0.4, 0.5) is 5.69 Å². The summed E-state index contributed by atoms with van der Waals surface area (Å²) in [5.74, 6) is -0.199. The standard InChI is InChI=1S/C13H18N2O3/c1-9-8-15(6-4-12(9)16)10-3-5-14-11(7-10)13(17)18-2/h3,5,7,9,12,16H,4,6,8H2,1-2H3. The van der Waals surface area contributed by atoms with E-state index in [-0.39, 0.29) is 12.0 Å². The lowest BCUT2D eigenvalue weighted by molar-refractivity contribution is 0.0594. The zero-order valence-corrected chi connectivity index (χ0v) is 10.7. The van der Waals surface area contributed by atoms with Crippen LogP contribution in [-0.2, 0) is 4.74 Å². The molecular weight excluding hydrogens is 232 g/mol. The van der Waals surface area contributed by atoms with Crippen molar-refractivity contribution in [2.45, 2.75) is 19.4 Å². The first kappa shape index (κ1) is 12.8. The van der Waals surface area contributed by atoms with E-state index in [2.05, 4.69) is 14.6 Å². The third kappa shape index (κ3) is 2.61. The van der Waals surface area contributed by atoms with Crippen molar-refractivity contribution >= 4 is 11.7 Å². The van der Waals surface area contributed by atoms with Gasteiger partial charge in [0, 0.05) is 25.0 Å².